The first-order valence-electron chi connectivity index (χ1n) is 6.25. The van der Waals surface area contributed by atoms with Crippen molar-refractivity contribution in [1.29, 1.82) is 0 Å². The molecule has 0 saturated carbocycles. The third-order valence-electron chi connectivity index (χ3n) is 2.80. The molecule has 4 heteroatoms. The van der Waals surface area contributed by atoms with E-state index >= 15 is 0 Å². The number of benzene rings is 1. The molecule has 19 heavy (non-hydrogen) atoms. The number of nitrogens with one attached hydrogen (secondary N) is 1. The highest BCUT2D eigenvalue weighted by Crippen LogP contribution is 2.25. The van der Waals surface area contributed by atoms with Crippen LogP contribution in [-0.4, -0.2) is 18.6 Å². The predicted molar refractivity (Wildman–Crippen MR) is 82.5 cm³/mol. The molecule has 1 aromatic rings. The Kier molecular flexibility index (Phi) is 6.25. The van der Waals surface area contributed by atoms with E-state index < -0.39 is 6.10 Å². The van der Waals surface area contributed by atoms with Crippen molar-refractivity contribution in [3.05, 3.63) is 40.4 Å². The molecule has 1 aromatic carbocycles. The monoisotopic (exact) mass is 325 g/mol. The summed E-state index contributed by atoms with van der Waals surface area (Å²) in [7, 11) is 0. The van der Waals surface area contributed by atoms with E-state index in [0.717, 1.165) is 27.7 Å². The Hall–Kier alpha value is -1.13. The Morgan fingerprint density at radius 1 is 1.47 bits per heavy atom. The summed E-state index contributed by atoms with van der Waals surface area (Å²) in [5.74, 6) is -0.127. The molecule has 0 fully saturated rings. The largest absolute Gasteiger partial charge is 0.368 e. The average molecular weight is 326 g/mol. The SMILES string of the molecule is C=CCCOC(C)C(=O)Nc1c(C)cc(Br)cc1C. The van der Waals surface area contributed by atoms with Gasteiger partial charge >= 0.3 is 0 Å². The Morgan fingerprint density at radius 2 is 2.05 bits per heavy atom. The molecule has 0 aliphatic heterocycles. The summed E-state index contributed by atoms with van der Waals surface area (Å²) >= 11 is 3.44. The van der Waals surface area contributed by atoms with Crippen molar-refractivity contribution in [2.75, 3.05) is 11.9 Å². The van der Waals surface area contributed by atoms with Crippen LogP contribution in [0.3, 0.4) is 0 Å². The summed E-state index contributed by atoms with van der Waals surface area (Å²) in [6, 6.07) is 3.96. The van der Waals surface area contributed by atoms with Gasteiger partial charge in [0, 0.05) is 10.2 Å². The van der Waals surface area contributed by atoms with Crippen LogP contribution in [0.25, 0.3) is 0 Å². The molecule has 0 saturated heterocycles. The highest BCUT2D eigenvalue weighted by Gasteiger charge is 2.15. The van der Waals surface area contributed by atoms with E-state index in [-0.39, 0.29) is 5.91 Å². The Morgan fingerprint density at radius 3 is 2.58 bits per heavy atom. The first-order valence-corrected chi connectivity index (χ1v) is 7.05. The second-order valence-electron chi connectivity index (χ2n) is 4.49. The van der Waals surface area contributed by atoms with Crippen LogP contribution in [0.1, 0.15) is 24.5 Å². The first-order chi connectivity index (χ1) is 8.95. The van der Waals surface area contributed by atoms with Gasteiger partial charge in [-0.25, -0.2) is 0 Å². The lowest BCUT2D eigenvalue weighted by molar-refractivity contribution is -0.126. The number of aryl methyl sites for hydroxylation is 2. The third-order valence-corrected chi connectivity index (χ3v) is 3.26. The van der Waals surface area contributed by atoms with Crippen molar-refractivity contribution in [3.8, 4) is 0 Å². The van der Waals surface area contributed by atoms with Crippen molar-refractivity contribution < 1.29 is 9.53 Å². The van der Waals surface area contributed by atoms with Crippen LogP contribution in [0.15, 0.2) is 29.3 Å². The van der Waals surface area contributed by atoms with Crippen LogP contribution in [0.4, 0.5) is 5.69 Å². The maximum atomic E-state index is 12.0. The molecule has 1 rings (SSSR count). The molecule has 0 spiro atoms. The minimum Gasteiger partial charge on any atom is -0.368 e. The zero-order valence-electron chi connectivity index (χ0n) is 11.6. The van der Waals surface area contributed by atoms with Gasteiger partial charge in [-0.05, 0) is 50.5 Å². The first kappa shape index (κ1) is 15.9. The third kappa shape index (κ3) is 4.80. The molecule has 0 bridgehead atoms. The Balaban J connectivity index is 2.69. The maximum absolute atomic E-state index is 12.0. The lowest BCUT2D eigenvalue weighted by Crippen LogP contribution is -2.28. The van der Waals surface area contributed by atoms with Crippen LogP contribution in [0.2, 0.25) is 0 Å². The highest BCUT2D eigenvalue weighted by atomic mass is 79.9. The fourth-order valence-corrected chi connectivity index (χ4v) is 2.42. The summed E-state index contributed by atoms with van der Waals surface area (Å²) in [6.45, 7) is 9.82. The molecule has 3 nitrogen and oxygen atoms in total. The van der Waals surface area contributed by atoms with Gasteiger partial charge in [0.15, 0.2) is 0 Å². The van der Waals surface area contributed by atoms with Gasteiger partial charge in [0.25, 0.3) is 5.91 Å². The fraction of sp³-hybridized carbons (Fsp3) is 0.400. The topological polar surface area (TPSA) is 38.3 Å². The van der Waals surface area contributed by atoms with Crippen molar-refractivity contribution in [3.63, 3.8) is 0 Å². The van der Waals surface area contributed by atoms with Crippen LogP contribution < -0.4 is 5.32 Å². The van der Waals surface area contributed by atoms with Crippen LogP contribution in [0, 0.1) is 13.8 Å². The molecule has 1 atom stereocenters. The Labute approximate surface area is 123 Å². The van der Waals surface area contributed by atoms with Gasteiger partial charge < -0.3 is 10.1 Å². The van der Waals surface area contributed by atoms with E-state index in [1.54, 1.807) is 13.0 Å². The number of carbonyl (C=O) groups is 1. The summed E-state index contributed by atoms with van der Waals surface area (Å²) in [5.41, 5.74) is 2.91. The molecule has 0 aliphatic rings. The maximum Gasteiger partial charge on any atom is 0.253 e. The quantitative estimate of drug-likeness (QED) is 0.634. The number of carbonyl (C=O) groups excluding carboxylic acids is 1. The number of hydrogen-bond acceptors (Lipinski definition) is 2. The summed E-state index contributed by atoms with van der Waals surface area (Å²) in [6.07, 6.45) is 2.05. The minimum atomic E-state index is -0.470. The van der Waals surface area contributed by atoms with E-state index in [4.69, 9.17) is 4.74 Å². The molecule has 1 unspecified atom stereocenters. The number of hydrogen-bond donors (Lipinski definition) is 1. The number of ether oxygens (including phenoxy) is 1. The normalized spacial score (nSPS) is 12.0. The van der Waals surface area contributed by atoms with Crippen LogP contribution >= 0.6 is 15.9 Å². The summed E-state index contributed by atoms with van der Waals surface area (Å²) in [4.78, 5) is 12.0. The predicted octanol–water partition coefficient (Wildman–Crippen LogP) is 3.99. The van der Waals surface area contributed by atoms with E-state index in [1.807, 2.05) is 26.0 Å². The number of halogens is 1. The lowest BCUT2D eigenvalue weighted by atomic mass is 10.1. The average Bonchev–Trinajstić information content (AvgIpc) is 2.33. The zero-order chi connectivity index (χ0) is 14.4. The van der Waals surface area contributed by atoms with Crippen molar-refractivity contribution in [1.82, 2.24) is 0 Å². The number of anilines is 1. The lowest BCUT2D eigenvalue weighted by Gasteiger charge is -2.16. The molecular formula is C15H20BrNO2. The Bertz CT molecular complexity index is 448. The van der Waals surface area contributed by atoms with Gasteiger partial charge in [0.2, 0.25) is 0 Å². The van der Waals surface area contributed by atoms with Crippen molar-refractivity contribution >= 4 is 27.5 Å². The van der Waals surface area contributed by atoms with Crippen LogP contribution in [0.5, 0.6) is 0 Å². The fourth-order valence-electron chi connectivity index (χ4n) is 1.74. The molecule has 104 valence electrons. The molecule has 1 amide bonds. The molecule has 0 aliphatic carbocycles. The molecular weight excluding hydrogens is 306 g/mol. The smallest absolute Gasteiger partial charge is 0.253 e. The van der Waals surface area contributed by atoms with Crippen molar-refractivity contribution in [2.45, 2.75) is 33.3 Å². The van der Waals surface area contributed by atoms with Gasteiger partial charge in [0.05, 0.1) is 6.61 Å². The van der Waals surface area contributed by atoms with Gasteiger partial charge in [0.1, 0.15) is 6.10 Å². The van der Waals surface area contributed by atoms with Crippen LogP contribution in [-0.2, 0) is 9.53 Å². The molecule has 0 heterocycles. The van der Waals surface area contributed by atoms with Gasteiger partial charge in [-0.15, -0.1) is 6.58 Å². The minimum absolute atomic E-state index is 0.127. The molecule has 1 N–H and O–H groups in total. The second-order valence-corrected chi connectivity index (χ2v) is 5.41. The van der Waals surface area contributed by atoms with E-state index in [1.165, 1.54) is 0 Å². The van der Waals surface area contributed by atoms with Crippen molar-refractivity contribution in [2.24, 2.45) is 0 Å². The van der Waals surface area contributed by atoms with Gasteiger partial charge in [-0.1, -0.05) is 22.0 Å². The van der Waals surface area contributed by atoms with Gasteiger partial charge in [-0.2, -0.15) is 0 Å². The van der Waals surface area contributed by atoms with Gasteiger partial charge in [-0.3, -0.25) is 4.79 Å². The van der Waals surface area contributed by atoms with E-state index in [9.17, 15) is 4.79 Å². The number of amides is 1. The summed E-state index contributed by atoms with van der Waals surface area (Å²) < 4.78 is 6.44. The van der Waals surface area contributed by atoms with E-state index in [0.29, 0.717) is 6.61 Å². The zero-order valence-corrected chi connectivity index (χ0v) is 13.2. The molecule has 0 radical (unpaired) electrons. The highest BCUT2D eigenvalue weighted by molar-refractivity contribution is 9.10. The van der Waals surface area contributed by atoms with E-state index in [2.05, 4.69) is 27.8 Å². The summed E-state index contributed by atoms with van der Waals surface area (Å²) in [5, 5.41) is 2.92. The molecule has 0 aromatic heterocycles. The number of rotatable bonds is 6. The standard InChI is InChI=1S/C15H20BrNO2/c1-5-6-7-19-12(4)15(18)17-14-10(2)8-13(16)9-11(14)3/h5,8-9,12H,1,6-7H2,2-4H3,(H,17,18). The second kappa shape index (κ2) is 7.46.